The summed E-state index contributed by atoms with van der Waals surface area (Å²) in [4.78, 5) is 26.9. The van der Waals surface area contributed by atoms with Crippen molar-refractivity contribution in [3.8, 4) is 0 Å². The average molecular weight is 276 g/mol. The molecule has 1 aromatic heterocycles. The third-order valence-corrected chi connectivity index (χ3v) is 2.62. The molecule has 1 rings (SSSR count). The molecule has 0 fully saturated rings. The summed E-state index contributed by atoms with van der Waals surface area (Å²) in [6.07, 6.45) is 6.16. The van der Waals surface area contributed by atoms with E-state index in [-0.39, 0.29) is 6.54 Å². The molecule has 108 valence electrons. The van der Waals surface area contributed by atoms with E-state index in [9.17, 15) is 9.59 Å². The van der Waals surface area contributed by atoms with Crippen LogP contribution in [-0.2, 0) is 16.1 Å². The number of hydrogen-bond donors (Lipinski definition) is 2. The smallest absolute Gasteiger partial charge is 0.329 e. The van der Waals surface area contributed by atoms with Crippen molar-refractivity contribution in [1.82, 2.24) is 15.7 Å². The number of unbranched alkanes of at least 4 members (excludes halogenated alkanes) is 1. The van der Waals surface area contributed by atoms with E-state index in [2.05, 4.69) is 27.8 Å². The van der Waals surface area contributed by atoms with Crippen molar-refractivity contribution in [1.29, 1.82) is 0 Å². The Morgan fingerprint density at radius 2 is 2.15 bits per heavy atom. The molecule has 0 atom stereocenters. The van der Waals surface area contributed by atoms with Gasteiger partial charge < -0.3 is 5.32 Å². The third kappa shape index (κ3) is 6.08. The number of carbonyl (C=O) groups is 2. The van der Waals surface area contributed by atoms with E-state index in [4.69, 9.17) is 0 Å². The zero-order valence-corrected chi connectivity index (χ0v) is 11.8. The van der Waals surface area contributed by atoms with E-state index in [1.165, 1.54) is 0 Å². The van der Waals surface area contributed by atoms with Crippen LogP contribution >= 0.6 is 0 Å². The lowest BCUT2D eigenvalue weighted by molar-refractivity contribution is -0.139. The number of rotatable bonds is 6. The van der Waals surface area contributed by atoms with Gasteiger partial charge in [0.05, 0.1) is 0 Å². The maximum atomic E-state index is 11.5. The average Bonchev–Trinajstić information content (AvgIpc) is 2.49. The second-order valence-electron chi connectivity index (χ2n) is 4.44. The first kappa shape index (κ1) is 15.8. The first-order chi connectivity index (χ1) is 9.63. The quantitative estimate of drug-likeness (QED) is 0.468. The molecule has 0 aliphatic rings. The summed E-state index contributed by atoms with van der Waals surface area (Å²) in [5.74, 6) is -1.47. The van der Waals surface area contributed by atoms with Gasteiger partial charge in [-0.25, -0.2) is 5.43 Å². The number of amides is 2. The highest BCUT2D eigenvalue weighted by molar-refractivity contribution is 6.35. The highest BCUT2D eigenvalue weighted by Gasteiger charge is 2.12. The second-order valence-corrected chi connectivity index (χ2v) is 4.44. The molecule has 0 aliphatic carbocycles. The molecule has 0 unspecified atom stereocenters. The van der Waals surface area contributed by atoms with Gasteiger partial charge in [-0.1, -0.05) is 19.4 Å². The maximum Gasteiger partial charge on any atom is 0.329 e. The molecule has 2 amide bonds. The summed E-state index contributed by atoms with van der Waals surface area (Å²) >= 11 is 0. The van der Waals surface area contributed by atoms with Crippen molar-refractivity contribution in [3.05, 3.63) is 30.1 Å². The fourth-order valence-corrected chi connectivity index (χ4v) is 1.45. The minimum atomic E-state index is -0.760. The van der Waals surface area contributed by atoms with Crippen LogP contribution in [-0.4, -0.2) is 22.5 Å². The van der Waals surface area contributed by atoms with Gasteiger partial charge in [0.2, 0.25) is 0 Å². The monoisotopic (exact) mass is 276 g/mol. The molecule has 1 aromatic rings. The number of nitrogens with zero attached hydrogens (tertiary/aromatic N) is 2. The van der Waals surface area contributed by atoms with Crippen molar-refractivity contribution in [2.75, 3.05) is 0 Å². The Balaban J connectivity index is 2.34. The number of nitrogens with one attached hydrogen (secondary N) is 2. The van der Waals surface area contributed by atoms with Crippen LogP contribution in [0.3, 0.4) is 0 Å². The molecule has 0 bridgehead atoms. The van der Waals surface area contributed by atoms with Gasteiger partial charge in [0.25, 0.3) is 0 Å². The van der Waals surface area contributed by atoms with Crippen molar-refractivity contribution >= 4 is 17.5 Å². The van der Waals surface area contributed by atoms with Crippen LogP contribution in [0.25, 0.3) is 0 Å². The van der Waals surface area contributed by atoms with Gasteiger partial charge in [0, 0.05) is 24.7 Å². The fourth-order valence-electron chi connectivity index (χ4n) is 1.45. The Bertz CT molecular complexity index is 471. The Morgan fingerprint density at radius 1 is 1.35 bits per heavy atom. The first-order valence-corrected chi connectivity index (χ1v) is 6.63. The lowest BCUT2D eigenvalue weighted by Gasteiger charge is -2.04. The molecule has 1 heterocycles. The standard InChI is InChI=1S/C14H20N4O2/c1-3-4-6-11(2)17-18-14(20)13(19)16-10-12-7-5-8-15-9-12/h5,7-9H,3-4,6,10H2,1-2H3,(H,16,19)(H,18,20). The van der Waals surface area contributed by atoms with E-state index in [0.29, 0.717) is 0 Å². The summed E-state index contributed by atoms with van der Waals surface area (Å²) in [6.45, 7) is 4.17. The van der Waals surface area contributed by atoms with Gasteiger partial charge in [-0.3, -0.25) is 14.6 Å². The number of pyridine rings is 1. The van der Waals surface area contributed by atoms with E-state index in [1.807, 2.05) is 13.0 Å². The van der Waals surface area contributed by atoms with Crippen molar-refractivity contribution in [2.45, 2.75) is 39.7 Å². The summed E-state index contributed by atoms with van der Waals surface area (Å²) < 4.78 is 0. The second kappa shape index (κ2) is 8.79. The topological polar surface area (TPSA) is 83.5 Å². The Labute approximate surface area is 118 Å². The summed E-state index contributed by atoms with van der Waals surface area (Å²) in [6, 6.07) is 3.58. The molecule has 0 saturated heterocycles. The third-order valence-electron chi connectivity index (χ3n) is 2.62. The van der Waals surface area contributed by atoms with Crippen LogP contribution in [0.2, 0.25) is 0 Å². The number of aromatic nitrogens is 1. The lowest BCUT2D eigenvalue weighted by atomic mass is 10.2. The van der Waals surface area contributed by atoms with Gasteiger partial charge in [0.15, 0.2) is 0 Å². The molecule has 2 N–H and O–H groups in total. The molecule has 6 heteroatoms. The highest BCUT2D eigenvalue weighted by atomic mass is 16.2. The van der Waals surface area contributed by atoms with E-state index in [0.717, 1.165) is 30.5 Å². The van der Waals surface area contributed by atoms with Crippen molar-refractivity contribution < 1.29 is 9.59 Å². The lowest BCUT2D eigenvalue weighted by Crippen LogP contribution is -2.37. The Morgan fingerprint density at radius 3 is 2.80 bits per heavy atom. The molecule has 6 nitrogen and oxygen atoms in total. The van der Waals surface area contributed by atoms with E-state index < -0.39 is 11.8 Å². The predicted octanol–water partition coefficient (Wildman–Crippen LogP) is 1.38. The molecular weight excluding hydrogens is 256 g/mol. The molecule has 0 radical (unpaired) electrons. The molecular formula is C14H20N4O2. The van der Waals surface area contributed by atoms with Gasteiger partial charge >= 0.3 is 11.8 Å². The molecule has 0 aliphatic heterocycles. The Kier molecular flexibility index (Phi) is 6.95. The first-order valence-electron chi connectivity index (χ1n) is 6.63. The number of hydrogen-bond acceptors (Lipinski definition) is 4. The van der Waals surface area contributed by atoms with Gasteiger partial charge in [-0.2, -0.15) is 5.10 Å². The largest absolute Gasteiger partial charge is 0.344 e. The van der Waals surface area contributed by atoms with Crippen LogP contribution < -0.4 is 10.7 Å². The molecule has 0 saturated carbocycles. The number of carbonyl (C=O) groups excluding carboxylic acids is 2. The predicted molar refractivity (Wildman–Crippen MR) is 76.9 cm³/mol. The van der Waals surface area contributed by atoms with E-state index in [1.54, 1.807) is 18.5 Å². The van der Waals surface area contributed by atoms with E-state index >= 15 is 0 Å². The summed E-state index contributed by atoms with van der Waals surface area (Å²) in [7, 11) is 0. The van der Waals surface area contributed by atoms with Gasteiger partial charge in [-0.05, 0) is 31.4 Å². The van der Waals surface area contributed by atoms with Crippen LogP contribution in [0.1, 0.15) is 38.7 Å². The van der Waals surface area contributed by atoms with Crippen LogP contribution in [0.5, 0.6) is 0 Å². The van der Waals surface area contributed by atoms with Crippen molar-refractivity contribution in [2.24, 2.45) is 5.10 Å². The Hall–Kier alpha value is -2.24. The minimum absolute atomic E-state index is 0.263. The normalized spacial score (nSPS) is 11.0. The highest BCUT2D eigenvalue weighted by Crippen LogP contribution is 1.96. The SMILES string of the molecule is CCCCC(C)=NNC(=O)C(=O)NCc1cccnc1. The minimum Gasteiger partial charge on any atom is -0.344 e. The molecule has 0 aromatic carbocycles. The zero-order chi connectivity index (χ0) is 14.8. The van der Waals surface area contributed by atoms with Crippen LogP contribution in [0.15, 0.2) is 29.6 Å². The number of hydrazone groups is 1. The zero-order valence-electron chi connectivity index (χ0n) is 11.8. The summed E-state index contributed by atoms with van der Waals surface area (Å²) in [5, 5.41) is 6.39. The summed E-state index contributed by atoms with van der Waals surface area (Å²) in [5.41, 5.74) is 3.88. The fraction of sp³-hybridized carbons (Fsp3) is 0.429. The molecule has 0 spiro atoms. The van der Waals surface area contributed by atoms with Crippen LogP contribution in [0.4, 0.5) is 0 Å². The van der Waals surface area contributed by atoms with Gasteiger partial charge in [-0.15, -0.1) is 0 Å². The molecule has 20 heavy (non-hydrogen) atoms. The maximum absolute atomic E-state index is 11.5. The van der Waals surface area contributed by atoms with Crippen LogP contribution in [0, 0.1) is 0 Å². The van der Waals surface area contributed by atoms with Crippen molar-refractivity contribution in [3.63, 3.8) is 0 Å². The van der Waals surface area contributed by atoms with Gasteiger partial charge in [0.1, 0.15) is 0 Å².